The first-order valence-corrected chi connectivity index (χ1v) is 12.8. The molecular weight excluding hydrogens is 484 g/mol. The van der Waals surface area contributed by atoms with Gasteiger partial charge >= 0.3 is 0 Å². The number of piperazine rings is 1. The predicted octanol–water partition coefficient (Wildman–Crippen LogP) is 4.61. The Kier molecular flexibility index (Phi) is 9.16. The number of unbranched alkanes of at least 4 members (excludes halogenated alkanes) is 1. The molecule has 4 rings (SSSR count). The Morgan fingerprint density at radius 2 is 1.68 bits per heavy atom. The van der Waals surface area contributed by atoms with Gasteiger partial charge < -0.3 is 19.7 Å². The molecular formula is C29H34N4O5. The molecule has 1 saturated heterocycles. The van der Waals surface area contributed by atoms with E-state index in [1.165, 1.54) is 6.07 Å². The first-order chi connectivity index (χ1) is 18.5. The monoisotopic (exact) mass is 518 g/mol. The van der Waals surface area contributed by atoms with Crippen LogP contribution in [0.4, 0.5) is 11.4 Å². The topological polar surface area (TPSA) is 97.2 Å². The summed E-state index contributed by atoms with van der Waals surface area (Å²) in [5, 5.41) is 14.3. The highest BCUT2D eigenvalue weighted by atomic mass is 16.6. The molecule has 1 heterocycles. The van der Waals surface area contributed by atoms with E-state index in [1.54, 1.807) is 56.7 Å². The Bertz CT molecular complexity index is 1240. The highest BCUT2D eigenvalue weighted by Gasteiger charge is 2.20. The zero-order valence-electron chi connectivity index (χ0n) is 21.9. The van der Waals surface area contributed by atoms with Gasteiger partial charge in [0.2, 0.25) is 0 Å². The van der Waals surface area contributed by atoms with Crippen LogP contribution in [-0.2, 0) is 0 Å². The number of amides is 1. The summed E-state index contributed by atoms with van der Waals surface area (Å²) in [6.07, 6.45) is 1.90. The molecule has 1 aliphatic heterocycles. The second-order valence-corrected chi connectivity index (χ2v) is 9.18. The fourth-order valence-corrected chi connectivity index (χ4v) is 4.70. The van der Waals surface area contributed by atoms with Gasteiger partial charge in [-0.3, -0.25) is 19.8 Å². The first kappa shape index (κ1) is 26.9. The Morgan fingerprint density at radius 3 is 2.37 bits per heavy atom. The number of ether oxygens (including phenoxy) is 2. The highest BCUT2D eigenvalue weighted by molar-refractivity contribution is 5.94. The zero-order valence-corrected chi connectivity index (χ0v) is 21.9. The Labute approximate surface area is 223 Å². The van der Waals surface area contributed by atoms with Gasteiger partial charge in [0.25, 0.3) is 11.6 Å². The van der Waals surface area contributed by atoms with E-state index in [0.717, 1.165) is 62.8 Å². The summed E-state index contributed by atoms with van der Waals surface area (Å²) in [7, 11) is 3.33. The van der Waals surface area contributed by atoms with Gasteiger partial charge in [0.1, 0.15) is 11.5 Å². The van der Waals surface area contributed by atoms with Crippen molar-refractivity contribution in [1.82, 2.24) is 10.2 Å². The molecule has 0 unspecified atom stereocenters. The van der Waals surface area contributed by atoms with Crippen molar-refractivity contribution in [3.63, 3.8) is 0 Å². The van der Waals surface area contributed by atoms with E-state index in [4.69, 9.17) is 9.47 Å². The number of carbonyl (C=O) groups is 1. The highest BCUT2D eigenvalue weighted by Crippen LogP contribution is 2.33. The summed E-state index contributed by atoms with van der Waals surface area (Å²) in [6.45, 7) is 5.42. The summed E-state index contributed by atoms with van der Waals surface area (Å²) in [5.74, 6) is 1.47. The maximum absolute atomic E-state index is 12.5. The van der Waals surface area contributed by atoms with E-state index in [9.17, 15) is 14.9 Å². The number of nitro benzene ring substituents is 1. The van der Waals surface area contributed by atoms with Crippen LogP contribution in [0.1, 0.15) is 23.2 Å². The summed E-state index contributed by atoms with van der Waals surface area (Å²) >= 11 is 0. The third-order valence-electron chi connectivity index (χ3n) is 6.85. The molecule has 200 valence electrons. The van der Waals surface area contributed by atoms with Crippen molar-refractivity contribution in [2.24, 2.45) is 0 Å². The van der Waals surface area contributed by atoms with Gasteiger partial charge in [-0.1, -0.05) is 24.3 Å². The van der Waals surface area contributed by atoms with Crippen molar-refractivity contribution in [2.75, 3.05) is 58.4 Å². The first-order valence-electron chi connectivity index (χ1n) is 12.8. The van der Waals surface area contributed by atoms with Crippen molar-refractivity contribution < 1.29 is 19.2 Å². The summed E-state index contributed by atoms with van der Waals surface area (Å²) in [4.78, 5) is 28.2. The average molecular weight is 519 g/mol. The molecule has 1 amide bonds. The van der Waals surface area contributed by atoms with E-state index in [0.29, 0.717) is 23.2 Å². The lowest BCUT2D eigenvalue weighted by Gasteiger charge is -2.36. The van der Waals surface area contributed by atoms with Crippen molar-refractivity contribution in [2.45, 2.75) is 12.8 Å². The van der Waals surface area contributed by atoms with Crippen LogP contribution in [-0.4, -0.2) is 69.2 Å². The predicted molar refractivity (Wildman–Crippen MR) is 148 cm³/mol. The quantitative estimate of drug-likeness (QED) is 0.225. The number of rotatable bonds is 11. The maximum atomic E-state index is 12.5. The lowest BCUT2D eigenvalue weighted by atomic mass is 10.0. The number of hydrogen-bond acceptors (Lipinski definition) is 7. The number of methoxy groups -OCH3 is 2. The van der Waals surface area contributed by atoms with E-state index < -0.39 is 4.92 Å². The zero-order chi connectivity index (χ0) is 26.9. The number of benzene rings is 3. The minimum atomic E-state index is -0.395. The molecule has 3 aromatic carbocycles. The summed E-state index contributed by atoms with van der Waals surface area (Å²) in [5.41, 5.74) is 2.92. The van der Waals surface area contributed by atoms with Crippen LogP contribution in [0.25, 0.3) is 11.1 Å². The van der Waals surface area contributed by atoms with Crippen LogP contribution in [0.2, 0.25) is 0 Å². The molecule has 0 radical (unpaired) electrons. The van der Waals surface area contributed by atoms with E-state index in [1.807, 2.05) is 12.1 Å². The number of carbonyl (C=O) groups excluding carboxylic acids is 1. The molecule has 0 aliphatic carbocycles. The lowest BCUT2D eigenvalue weighted by molar-refractivity contribution is -0.384. The minimum absolute atomic E-state index is 0.0478. The molecule has 0 bridgehead atoms. The molecule has 1 fully saturated rings. The molecule has 1 aliphatic rings. The third-order valence-corrected chi connectivity index (χ3v) is 6.85. The SMILES string of the molecule is COc1ccc(N2CCN(CCCCNC(=O)c3ccc(-c4ccccc4[N+](=O)[O-])cc3)CC2)c(OC)c1. The molecule has 38 heavy (non-hydrogen) atoms. The van der Waals surface area contributed by atoms with E-state index in [-0.39, 0.29) is 11.6 Å². The lowest BCUT2D eigenvalue weighted by Crippen LogP contribution is -2.46. The van der Waals surface area contributed by atoms with Gasteiger partial charge in [0.05, 0.1) is 30.4 Å². The van der Waals surface area contributed by atoms with Gasteiger partial charge in [-0.2, -0.15) is 0 Å². The second-order valence-electron chi connectivity index (χ2n) is 9.18. The molecule has 0 aromatic heterocycles. The Hall–Kier alpha value is -4.11. The van der Waals surface area contributed by atoms with E-state index >= 15 is 0 Å². The van der Waals surface area contributed by atoms with Gasteiger partial charge in [-0.15, -0.1) is 0 Å². The molecule has 0 atom stereocenters. The van der Waals surface area contributed by atoms with Crippen LogP contribution in [0.3, 0.4) is 0 Å². The summed E-state index contributed by atoms with van der Waals surface area (Å²) < 4.78 is 10.9. The number of nitrogens with one attached hydrogen (secondary N) is 1. The normalized spacial score (nSPS) is 13.7. The molecule has 0 spiro atoms. The minimum Gasteiger partial charge on any atom is -0.497 e. The molecule has 3 aromatic rings. The molecule has 9 heteroatoms. The van der Waals surface area contributed by atoms with Crippen molar-refractivity contribution in [1.29, 1.82) is 0 Å². The fraction of sp³-hybridized carbons (Fsp3) is 0.345. The molecule has 9 nitrogen and oxygen atoms in total. The summed E-state index contributed by atoms with van der Waals surface area (Å²) in [6, 6.07) is 19.4. The van der Waals surface area contributed by atoms with Crippen molar-refractivity contribution in [3.05, 3.63) is 82.4 Å². The number of nitro groups is 1. The smallest absolute Gasteiger partial charge is 0.277 e. The van der Waals surface area contributed by atoms with Crippen LogP contribution in [0.15, 0.2) is 66.7 Å². The second kappa shape index (κ2) is 12.9. The van der Waals surface area contributed by atoms with Crippen molar-refractivity contribution in [3.8, 4) is 22.6 Å². The van der Waals surface area contributed by atoms with Gasteiger partial charge in [-0.05, 0) is 55.3 Å². The van der Waals surface area contributed by atoms with Gasteiger partial charge in [0, 0.05) is 50.4 Å². The van der Waals surface area contributed by atoms with Crippen LogP contribution in [0.5, 0.6) is 11.5 Å². The number of hydrogen-bond donors (Lipinski definition) is 1. The average Bonchev–Trinajstić information content (AvgIpc) is 2.97. The Morgan fingerprint density at radius 1 is 0.947 bits per heavy atom. The van der Waals surface area contributed by atoms with Gasteiger partial charge in [0.15, 0.2) is 0 Å². The van der Waals surface area contributed by atoms with Crippen molar-refractivity contribution >= 4 is 17.3 Å². The van der Waals surface area contributed by atoms with Gasteiger partial charge in [-0.25, -0.2) is 0 Å². The van der Waals surface area contributed by atoms with Crippen LogP contribution in [0, 0.1) is 10.1 Å². The van der Waals surface area contributed by atoms with Crippen LogP contribution >= 0.6 is 0 Å². The fourth-order valence-electron chi connectivity index (χ4n) is 4.70. The third kappa shape index (κ3) is 6.60. The van der Waals surface area contributed by atoms with E-state index in [2.05, 4.69) is 21.2 Å². The number of para-hydroxylation sites is 1. The Balaban J connectivity index is 1.17. The molecule has 1 N–H and O–H groups in total. The molecule has 0 saturated carbocycles. The standard InChI is InChI=1S/C29H34N4O5/c1-37-24-13-14-27(28(21-24)38-2)32-19-17-31(18-20-32)16-6-5-15-30-29(34)23-11-9-22(10-12-23)25-7-3-4-8-26(25)33(35)36/h3-4,7-14,21H,5-6,15-20H2,1-2H3,(H,30,34). The largest absolute Gasteiger partial charge is 0.497 e. The number of anilines is 1. The number of nitrogens with zero attached hydrogens (tertiary/aromatic N) is 3. The van der Waals surface area contributed by atoms with Crippen LogP contribution < -0.4 is 19.7 Å². The maximum Gasteiger partial charge on any atom is 0.277 e.